The minimum Gasteiger partial charge on any atom is -0.444 e. The number of unbranched alkanes of at least 4 members (excludes halogenated alkanes) is 1. The number of thioether (sulfide) groups is 1. The maximum atomic E-state index is 11.5. The van der Waals surface area contributed by atoms with E-state index in [0.717, 1.165) is 25.0 Å². The Labute approximate surface area is 130 Å². The van der Waals surface area contributed by atoms with E-state index in [4.69, 9.17) is 4.74 Å². The summed E-state index contributed by atoms with van der Waals surface area (Å²) in [6.45, 7) is 6.18. The van der Waals surface area contributed by atoms with Crippen LogP contribution in [-0.2, 0) is 4.74 Å². The number of urea groups is 1. The summed E-state index contributed by atoms with van der Waals surface area (Å²) in [5.41, 5.74) is -0.451. The van der Waals surface area contributed by atoms with E-state index in [9.17, 15) is 9.59 Å². The lowest BCUT2D eigenvalue weighted by atomic mass is 10.0. The Morgan fingerprint density at radius 3 is 2.86 bits per heavy atom. The molecule has 3 atom stereocenters. The van der Waals surface area contributed by atoms with E-state index in [1.54, 1.807) is 0 Å². The van der Waals surface area contributed by atoms with Crippen molar-refractivity contribution < 1.29 is 14.3 Å². The van der Waals surface area contributed by atoms with Gasteiger partial charge in [-0.15, -0.1) is 0 Å². The summed E-state index contributed by atoms with van der Waals surface area (Å²) in [4.78, 5) is 22.7. The van der Waals surface area contributed by atoms with Crippen LogP contribution in [0.2, 0.25) is 0 Å². The summed E-state index contributed by atoms with van der Waals surface area (Å²) in [6.07, 6.45) is 2.66. The molecule has 0 unspecified atom stereocenters. The van der Waals surface area contributed by atoms with E-state index in [2.05, 4.69) is 16.0 Å². The zero-order valence-corrected chi connectivity index (χ0v) is 13.7. The Hall–Kier alpha value is -1.11. The standard InChI is InChI=1S/C14H25N3O3S/c1-14(2,3)20-13(19)15-7-5-4-6-10-11-9(8-21-10)16-12(18)17-11/h9-11H,4-8H2,1-3H3,(H,15,19)(H2,16,17,18)/t9-,10-,11-/m0/s1. The highest BCUT2D eigenvalue weighted by Gasteiger charge is 2.42. The quantitative estimate of drug-likeness (QED) is 0.534. The molecule has 3 amide bonds. The van der Waals surface area contributed by atoms with Crippen molar-refractivity contribution in [2.45, 2.75) is 63.0 Å². The molecule has 6 nitrogen and oxygen atoms in total. The number of fused-ring (bicyclic) bond motifs is 1. The van der Waals surface area contributed by atoms with Gasteiger partial charge < -0.3 is 20.7 Å². The van der Waals surface area contributed by atoms with Crippen LogP contribution >= 0.6 is 11.8 Å². The van der Waals surface area contributed by atoms with Gasteiger partial charge in [-0.1, -0.05) is 6.42 Å². The first kappa shape index (κ1) is 16.3. The number of hydrogen-bond donors (Lipinski definition) is 3. The van der Waals surface area contributed by atoms with Crippen molar-refractivity contribution in [1.82, 2.24) is 16.0 Å². The SMILES string of the molecule is CC(C)(C)OC(=O)NCCCC[C@@H]1SC[C@@H]2NC(=O)N[C@@H]21. The molecule has 0 aromatic rings. The average Bonchev–Trinajstić information content (AvgIpc) is 2.86. The molecule has 120 valence electrons. The highest BCUT2D eigenvalue weighted by Crippen LogP contribution is 2.32. The topological polar surface area (TPSA) is 79.5 Å². The van der Waals surface area contributed by atoms with Crippen LogP contribution in [-0.4, -0.2) is 47.4 Å². The fourth-order valence-corrected chi connectivity index (χ4v) is 4.16. The molecule has 0 aromatic carbocycles. The summed E-state index contributed by atoms with van der Waals surface area (Å²) in [7, 11) is 0. The zero-order valence-electron chi connectivity index (χ0n) is 12.9. The molecule has 3 N–H and O–H groups in total. The van der Waals surface area contributed by atoms with Gasteiger partial charge in [0, 0.05) is 17.5 Å². The second-order valence-electron chi connectivity index (χ2n) is 6.55. The van der Waals surface area contributed by atoms with Crippen molar-refractivity contribution in [1.29, 1.82) is 0 Å². The van der Waals surface area contributed by atoms with Gasteiger partial charge in [-0.3, -0.25) is 0 Å². The van der Waals surface area contributed by atoms with Gasteiger partial charge in [0.25, 0.3) is 0 Å². The smallest absolute Gasteiger partial charge is 0.407 e. The predicted molar refractivity (Wildman–Crippen MR) is 83.6 cm³/mol. The maximum Gasteiger partial charge on any atom is 0.407 e. The van der Waals surface area contributed by atoms with E-state index in [1.165, 1.54) is 0 Å². The molecule has 0 aliphatic carbocycles. The van der Waals surface area contributed by atoms with Crippen LogP contribution in [0.5, 0.6) is 0 Å². The minimum absolute atomic E-state index is 0.0399. The van der Waals surface area contributed by atoms with Gasteiger partial charge in [-0.05, 0) is 33.6 Å². The molecule has 2 fully saturated rings. The Morgan fingerprint density at radius 2 is 2.14 bits per heavy atom. The zero-order chi connectivity index (χ0) is 15.5. The van der Waals surface area contributed by atoms with Crippen molar-refractivity contribution in [3.8, 4) is 0 Å². The molecule has 2 rings (SSSR count). The monoisotopic (exact) mass is 315 g/mol. The van der Waals surface area contributed by atoms with Gasteiger partial charge in [0.1, 0.15) is 5.60 Å². The fourth-order valence-electron chi connectivity index (χ4n) is 2.62. The maximum absolute atomic E-state index is 11.5. The Kier molecular flexibility index (Phi) is 5.24. The van der Waals surface area contributed by atoms with E-state index < -0.39 is 5.60 Å². The molecule has 7 heteroatoms. The van der Waals surface area contributed by atoms with E-state index in [1.807, 2.05) is 32.5 Å². The van der Waals surface area contributed by atoms with E-state index in [-0.39, 0.29) is 24.2 Å². The van der Waals surface area contributed by atoms with Gasteiger partial charge in [-0.25, -0.2) is 9.59 Å². The number of hydrogen-bond acceptors (Lipinski definition) is 4. The first-order chi connectivity index (χ1) is 9.85. The largest absolute Gasteiger partial charge is 0.444 e. The lowest BCUT2D eigenvalue weighted by Gasteiger charge is -2.20. The number of amides is 3. The van der Waals surface area contributed by atoms with Gasteiger partial charge in [0.15, 0.2) is 0 Å². The van der Waals surface area contributed by atoms with Crippen molar-refractivity contribution in [3.05, 3.63) is 0 Å². The van der Waals surface area contributed by atoms with Crippen LogP contribution in [0, 0.1) is 0 Å². The van der Waals surface area contributed by atoms with Crippen molar-refractivity contribution in [3.63, 3.8) is 0 Å². The van der Waals surface area contributed by atoms with Crippen LogP contribution in [0.3, 0.4) is 0 Å². The molecule has 21 heavy (non-hydrogen) atoms. The summed E-state index contributed by atoms with van der Waals surface area (Å²) >= 11 is 1.92. The molecule has 0 bridgehead atoms. The molecular formula is C14H25N3O3S. The molecule has 2 aliphatic heterocycles. The number of rotatable bonds is 5. The number of alkyl carbamates (subject to hydrolysis) is 1. The summed E-state index contributed by atoms with van der Waals surface area (Å²) in [5.74, 6) is 0.990. The van der Waals surface area contributed by atoms with Gasteiger partial charge in [0.05, 0.1) is 12.1 Å². The molecule has 2 saturated heterocycles. The third-order valence-corrected chi connectivity index (χ3v) is 5.03. The van der Waals surface area contributed by atoms with Crippen LogP contribution in [0.15, 0.2) is 0 Å². The number of carbonyl (C=O) groups is 2. The molecule has 2 heterocycles. The lowest BCUT2D eigenvalue weighted by Crippen LogP contribution is -2.37. The predicted octanol–water partition coefficient (Wildman–Crippen LogP) is 1.85. The first-order valence-corrected chi connectivity index (χ1v) is 8.55. The van der Waals surface area contributed by atoms with E-state index in [0.29, 0.717) is 11.8 Å². The van der Waals surface area contributed by atoms with Gasteiger partial charge in [-0.2, -0.15) is 11.8 Å². The summed E-state index contributed by atoms with van der Waals surface area (Å²) in [5, 5.41) is 9.18. The van der Waals surface area contributed by atoms with E-state index >= 15 is 0 Å². The molecule has 0 spiro atoms. The minimum atomic E-state index is -0.451. The third-order valence-electron chi connectivity index (χ3n) is 3.52. The Morgan fingerprint density at radius 1 is 1.38 bits per heavy atom. The fraction of sp³-hybridized carbons (Fsp3) is 0.857. The highest BCUT2D eigenvalue weighted by atomic mass is 32.2. The average molecular weight is 315 g/mol. The molecule has 0 saturated carbocycles. The molecule has 0 aromatic heterocycles. The first-order valence-electron chi connectivity index (χ1n) is 7.50. The van der Waals surface area contributed by atoms with Crippen LogP contribution in [0.25, 0.3) is 0 Å². The summed E-state index contributed by atoms with van der Waals surface area (Å²) < 4.78 is 5.18. The van der Waals surface area contributed by atoms with Gasteiger partial charge >= 0.3 is 12.1 Å². The van der Waals surface area contributed by atoms with Crippen LogP contribution < -0.4 is 16.0 Å². The molecular weight excluding hydrogens is 290 g/mol. The Bertz CT molecular complexity index is 397. The second-order valence-corrected chi connectivity index (χ2v) is 7.82. The molecule has 0 radical (unpaired) electrons. The highest BCUT2D eigenvalue weighted by molar-refractivity contribution is 8.00. The van der Waals surface area contributed by atoms with Gasteiger partial charge in [0.2, 0.25) is 0 Å². The van der Waals surface area contributed by atoms with Crippen molar-refractivity contribution in [2.24, 2.45) is 0 Å². The molecule has 2 aliphatic rings. The van der Waals surface area contributed by atoms with Crippen molar-refractivity contribution in [2.75, 3.05) is 12.3 Å². The van der Waals surface area contributed by atoms with Crippen LogP contribution in [0.4, 0.5) is 9.59 Å². The van der Waals surface area contributed by atoms with Crippen molar-refractivity contribution >= 4 is 23.9 Å². The third kappa shape index (κ3) is 4.98. The number of ether oxygens (including phenoxy) is 1. The lowest BCUT2D eigenvalue weighted by molar-refractivity contribution is 0.0527. The number of nitrogens with one attached hydrogen (secondary N) is 3. The normalized spacial score (nSPS) is 27.8. The second kappa shape index (κ2) is 6.77. The Balaban J connectivity index is 1.56. The summed E-state index contributed by atoms with van der Waals surface area (Å²) in [6, 6.07) is 0.510. The van der Waals surface area contributed by atoms with Crippen LogP contribution in [0.1, 0.15) is 40.0 Å². The number of carbonyl (C=O) groups excluding carboxylic acids is 2.